The van der Waals surface area contributed by atoms with Crippen molar-refractivity contribution in [3.8, 4) is 0 Å². The molecule has 0 aliphatic rings. The minimum Gasteiger partial charge on any atom is -0.756 e. The molecule has 2 N–H and O–H groups in total. The number of carbonyl (C=O) groups is 1. The summed E-state index contributed by atoms with van der Waals surface area (Å²) in [6.07, 6.45) is 58.2. The number of aliphatic hydroxyl groups is 1. The van der Waals surface area contributed by atoms with Gasteiger partial charge in [0.1, 0.15) is 13.2 Å². The Hall–Kier alpha value is -1.02. The van der Waals surface area contributed by atoms with Crippen molar-refractivity contribution in [3.63, 3.8) is 0 Å². The quantitative estimate of drug-likeness (QED) is 0.0272. The summed E-state index contributed by atoms with van der Waals surface area (Å²) in [5.74, 6) is -0.202. The SMILES string of the molecule is CCCCCCCCCCCCCC/C=C/CC/C=C/C(O)C(COP(=O)([O-])OCC[N+](C)(C)C)NC(=O)CCCCCCCCCCCCCCCCCCCCCCCCCC. The van der Waals surface area contributed by atoms with Gasteiger partial charge in [0.2, 0.25) is 5.91 Å². The Balaban J connectivity index is 4.23. The fourth-order valence-corrected chi connectivity index (χ4v) is 9.01. The number of carbonyl (C=O) groups excluding carboxylic acids is 1. The zero-order valence-electron chi connectivity index (χ0n) is 43.3. The van der Waals surface area contributed by atoms with Crippen LogP contribution < -0.4 is 10.2 Å². The lowest BCUT2D eigenvalue weighted by Gasteiger charge is -2.29. The molecule has 0 saturated carbocycles. The highest BCUT2D eigenvalue weighted by Gasteiger charge is 2.23. The third-order valence-electron chi connectivity index (χ3n) is 12.7. The Morgan fingerprint density at radius 2 is 0.875 bits per heavy atom. The van der Waals surface area contributed by atoms with Gasteiger partial charge in [-0.1, -0.05) is 256 Å². The summed E-state index contributed by atoms with van der Waals surface area (Å²) >= 11 is 0. The van der Waals surface area contributed by atoms with Crippen molar-refractivity contribution in [3.05, 3.63) is 24.3 Å². The molecule has 0 fully saturated rings. The first-order valence-corrected chi connectivity index (χ1v) is 29.2. The highest BCUT2D eigenvalue weighted by atomic mass is 31.2. The maximum atomic E-state index is 12.9. The van der Waals surface area contributed by atoms with E-state index in [0.717, 1.165) is 38.5 Å². The average molecular weight is 925 g/mol. The van der Waals surface area contributed by atoms with Crippen LogP contribution in [0.2, 0.25) is 0 Å². The van der Waals surface area contributed by atoms with Gasteiger partial charge in [0, 0.05) is 6.42 Å². The number of nitrogens with zero attached hydrogens (tertiary/aromatic N) is 1. The first-order valence-electron chi connectivity index (χ1n) is 27.7. The minimum absolute atomic E-state index is 0.00382. The Kier molecular flexibility index (Phi) is 46.3. The van der Waals surface area contributed by atoms with Crippen LogP contribution >= 0.6 is 7.82 Å². The predicted molar refractivity (Wildman–Crippen MR) is 275 cm³/mol. The molecule has 0 rings (SSSR count). The fraction of sp³-hybridized carbons (Fsp3) is 0.909. The van der Waals surface area contributed by atoms with Gasteiger partial charge in [0.05, 0.1) is 39.9 Å². The zero-order valence-corrected chi connectivity index (χ0v) is 44.1. The molecule has 64 heavy (non-hydrogen) atoms. The number of rotatable bonds is 51. The molecule has 0 saturated heterocycles. The second kappa shape index (κ2) is 47.1. The van der Waals surface area contributed by atoms with Crippen molar-refractivity contribution < 1.29 is 32.9 Å². The van der Waals surface area contributed by atoms with Gasteiger partial charge in [0.25, 0.3) is 7.82 Å². The van der Waals surface area contributed by atoms with E-state index in [1.54, 1.807) is 6.08 Å². The van der Waals surface area contributed by atoms with Gasteiger partial charge in [0.15, 0.2) is 0 Å². The smallest absolute Gasteiger partial charge is 0.268 e. The third-order valence-corrected chi connectivity index (χ3v) is 13.6. The minimum atomic E-state index is -4.60. The van der Waals surface area contributed by atoms with E-state index in [-0.39, 0.29) is 19.1 Å². The molecule has 0 spiro atoms. The van der Waals surface area contributed by atoms with Crippen LogP contribution in [-0.4, -0.2) is 68.5 Å². The molecule has 0 aliphatic heterocycles. The van der Waals surface area contributed by atoms with Gasteiger partial charge in [-0.15, -0.1) is 0 Å². The molecular formula is C55H109N2O6P. The van der Waals surface area contributed by atoms with Crippen LogP contribution in [-0.2, 0) is 18.4 Å². The molecule has 1 amide bonds. The number of allylic oxidation sites excluding steroid dienone is 3. The number of nitrogens with one attached hydrogen (secondary N) is 1. The van der Waals surface area contributed by atoms with Crippen molar-refractivity contribution in [1.29, 1.82) is 0 Å². The maximum absolute atomic E-state index is 12.9. The van der Waals surface area contributed by atoms with Gasteiger partial charge in [-0.3, -0.25) is 9.36 Å². The number of aliphatic hydroxyl groups excluding tert-OH is 1. The third kappa shape index (κ3) is 48.9. The van der Waals surface area contributed by atoms with Crippen LogP contribution in [0.1, 0.15) is 271 Å². The molecule has 0 aromatic carbocycles. The van der Waals surface area contributed by atoms with E-state index >= 15 is 0 Å². The van der Waals surface area contributed by atoms with Gasteiger partial charge in [-0.05, 0) is 32.1 Å². The molecule has 0 bridgehead atoms. The lowest BCUT2D eigenvalue weighted by atomic mass is 10.0. The molecular weight excluding hydrogens is 816 g/mol. The largest absolute Gasteiger partial charge is 0.756 e. The topological polar surface area (TPSA) is 108 Å². The number of phosphoric acid groups is 1. The van der Waals surface area contributed by atoms with Crippen molar-refractivity contribution >= 4 is 13.7 Å². The lowest BCUT2D eigenvalue weighted by Crippen LogP contribution is -2.45. The Bertz CT molecular complexity index is 1090. The number of amides is 1. The number of hydrogen-bond donors (Lipinski definition) is 2. The van der Waals surface area contributed by atoms with E-state index in [2.05, 4.69) is 31.3 Å². The fourth-order valence-electron chi connectivity index (χ4n) is 8.29. The van der Waals surface area contributed by atoms with Gasteiger partial charge in [-0.25, -0.2) is 0 Å². The molecule has 8 nitrogen and oxygen atoms in total. The average Bonchev–Trinajstić information content (AvgIpc) is 3.25. The van der Waals surface area contributed by atoms with Gasteiger partial charge >= 0.3 is 0 Å². The van der Waals surface area contributed by atoms with Crippen LogP contribution in [0.15, 0.2) is 24.3 Å². The summed E-state index contributed by atoms with van der Waals surface area (Å²) in [4.78, 5) is 25.4. The van der Waals surface area contributed by atoms with E-state index in [1.807, 2.05) is 27.2 Å². The number of phosphoric ester groups is 1. The van der Waals surface area contributed by atoms with Crippen molar-refractivity contribution in [2.75, 3.05) is 40.9 Å². The Morgan fingerprint density at radius 1 is 0.531 bits per heavy atom. The number of hydrogen-bond acceptors (Lipinski definition) is 6. The molecule has 3 unspecified atom stereocenters. The molecule has 3 atom stereocenters. The summed E-state index contributed by atoms with van der Waals surface area (Å²) < 4.78 is 23.3. The highest BCUT2D eigenvalue weighted by Crippen LogP contribution is 2.38. The first kappa shape index (κ1) is 63.0. The summed E-state index contributed by atoms with van der Waals surface area (Å²) in [5, 5.41) is 13.8. The summed E-state index contributed by atoms with van der Waals surface area (Å²) in [5.41, 5.74) is 0. The number of quaternary nitrogens is 1. The van der Waals surface area contributed by atoms with Crippen LogP contribution in [0.25, 0.3) is 0 Å². The van der Waals surface area contributed by atoms with Crippen LogP contribution in [0, 0.1) is 0 Å². The van der Waals surface area contributed by atoms with Crippen molar-refractivity contribution in [2.24, 2.45) is 0 Å². The van der Waals surface area contributed by atoms with E-state index < -0.39 is 20.0 Å². The maximum Gasteiger partial charge on any atom is 0.268 e. The molecule has 0 heterocycles. The van der Waals surface area contributed by atoms with E-state index in [1.165, 1.54) is 212 Å². The summed E-state index contributed by atoms with van der Waals surface area (Å²) in [7, 11) is 1.26. The van der Waals surface area contributed by atoms with Crippen LogP contribution in [0.4, 0.5) is 0 Å². The van der Waals surface area contributed by atoms with Crippen LogP contribution in [0.5, 0.6) is 0 Å². The lowest BCUT2D eigenvalue weighted by molar-refractivity contribution is -0.870. The highest BCUT2D eigenvalue weighted by molar-refractivity contribution is 7.45. The molecule has 0 aliphatic carbocycles. The van der Waals surface area contributed by atoms with E-state index in [0.29, 0.717) is 17.4 Å². The normalized spacial score (nSPS) is 14.2. The van der Waals surface area contributed by atoms with Crippen molar-refractivity contribution in [1.82, 2.24) is 5.32 Å². The van der Waals surface area contributed by atoms with E-state index in [4.69, 9.17) is 9.05 Å². The Labute approximate surface area is 398 Å². The summed E-state index contributed by atoms with van der Waals surface area (Å²) in [6.45, 7) is 4.67. The first-order chi connectivity index (χ1) is 31.0. The molecule has 0 aromatic rings. The summed E-state index contributed by atoms with van der Waals surface area (Å²) in [6, 6.07) is -0.899. The van der Waals surface area contributed by atoms with Crippen molar-refractivity contribution in [2.45, 2.75) is 283 Å². The second-order valence-corrected chi connectivity index (χ2v) is 21.7. The molecule has 380 valence electrons. The zero-order chi connectivity index (χ0) is 47.1. The molecule has 0 aromatic heterocycles. The second-order valence-electron chi connectivity index (χ2n) is 20.3. The molecule has 9 heteroatoms. The Morgan fingerprint density at radius 3 is 1.27 bits per heavy atom. The standard InChI is InChI=1S/C55H109N2O6P/c1-6-8-10-12-14-16-18-20-22-24-26-27-28-29-30-31-33-35-37-39-41-43-45-47-49-55(59)56-53(52-63-64(60,61)62-51-50-57(3,4)5)54(58)48-46-44-42-40-38-36-34-32-25-23-21-19-17-15-13-11-9-7-2/h38,40,46,48,53-54,58H,6-37,39,41-45,47,49-52H2,1-5H3,(H-,56,59,60,61)/b40-38+,48-46+. The number of unbranched alkanes of at least 4 members (excludes halogenated alkanes) is 36. The van der Waals surface area contributed by atoms with Crippen LogP contribution in [0.3, 0.4) is 0 Å². The molecule has 0 radical (unpaired) electrons. The van der Waals surface area contributed by atoms with Gasteiger partial charge in [-0.2, -0.15) is 0 Å². The van der Waals surface area contributed by atoms with E-state index in [9.17, 15) is 19.4 Å². The predicted octanol–water partition coefficient (Wildman–Crippen LogP) is 15.8. The number of likely N-dealkylation sites (N-methyl/N-ethyl adjacent to an activating group) is 1. The van der Waals surface area contributed by atoms with Gasteiger partial charge < -0.3 is 28.8 Å². The monoisotopic (exact) mass is 925 g/mol.